The first-order valence-corrected chi connectivity index (χ1v) is 19.3. The fourth-order valence-corrected chi connectivity index (χ4v) is 9.91. The van der Waals surface area contributed by atoms with E-state index in [0.29, 0.717) is 0 Å². The second-order valence-electron chi connectivity index (χ2n) is 14.3. The van der Waals surface area contributed by atoms with Gasteiger partial charge < -0.3 is 0 Å². The van der Waals surface area contributed by atoms with Crippen LogP contribution in [0.4, 0.5) is 0 Å². The van der Waals surface area contributed by atoms with Gasteiger partial charge >= 0.3 is 0 Å². The number of nitrogens with zero attached hydrogens (tertiary/aromatic N) is 2. The largest absolute Gasteiger partial charge is 0.291 e. The van der Waals surface area contributed by atoms with Gasteiger partial charge in [-0.2, -0.15) is 0 Å². The van der Waals surface area contributed by atoms with Crippen molar-refractivity contribution in [3.8, 4) is 33.5 Å². The first kappa shape index (κ1) is 29.7. The van der Waals surface area contributed by atoms with Crippen LogP contribution in [0.2, 0.25) is 0 Å². The Bertz CT molecular complexity index is 3440. The van der Waals surface area contributed by atoms with Gasteiger partial charge in [0.15, 0.2) is 5.65 Å². The van der Waals surface area contributed by atoms with Gasteiger partial charge in [-0.05, 0) is 107 Å². The molecule has 2 nitrogen and oxygen atoms in total. The van der Waals surface area contributed by atoms with E-state index in [-0.39, 0.29) is 0 Å². The van der Waals surface area contributed by atoms with E-state index < -0.39 is 0 Å². The molecule has 0 saturated carbocycles. The van der Waals surface area contributed by atoms with Gasteiger partial charge in [0.2, 0.25) is 0 Å². The van der Waals surface area contributed by atoms with Crippen molar-refractivity contribution < 1.29 is 0 Å². The van der Waals surface area contributed by atoms with Crippen LogP contribution in [-0.4, -0.2) is 9.38 Å². The Kier molecular flexibility index (Phi) is 6.25. The summed E-state index contributed by atoms with van der Waals surface area (Å²) in [6.45, 7) is 0. The molecular formula is C51H30N2S. The van der Waals surface area contributed by atoms with Gasteiger partial charge in [-0.15, -0.1) is 11.3 Å². The summed E-state index contributed by atoms with van der Waals surface area (Å²) in [5.41, 5.74) is 10.3. The standard InChI is InChI=1S/C51H30N2S/c1-2-10-36-29-49-44(28-35(36)9-1)45-30-48(53-47-16-8-7-15-46(47)52-51(53)50(45)54-49)34-23-21-32(22-24-34)31-17-19-33(20-18-31)37-25-26-42-40-13-4-3-11-38(40)39-12-5-6-14-41(39)43(42)27-37/h1-30H. The van der Waals surface area contributed by atoms with Crippen LogP contribution < -0.4 is 0 Å². The molecule has 3 heterocycles. The van der Waals surface area contributed by atoms with E-state index in [2.05, 4.69) is 186 Å². The highest BCUT2D eigenvalue weighted by atomic mass is 32.1. The molecule has 0 fully saturated rings. The lowest BCUT2D eigenvalue weighted by Gasteiger charge is -2.12. The molecule has 12 rings (SSSR count). The van der Waals surface area contributed by atoms with Crippen molar-refractivity contribution in [1.82, 2.24) is 9.38 Å². The summed E-state index contributed by atoms with van der Waals surface area (Å²) in [6.07, 6.45) is 0. The number of fused-ring (bicyclic) bond motifs is 14. The fourth-order valence-electron chi connectivity index (χ4n) is 8.72. The van der Waals surface area contributed by atoms with E-state index in [0.717, 1.165) is 22.4 Å². The second kappa shape index (κ2) is 11.3. The zero-order valence-electron chi connectivity index (χ0n) is 29.1. The van der Waals surface area contributed by atoms with Crippen molar-refractivity contribution in [3.63, 3.8) is 0 Å². The van der Waals surface area contributed by atoms with Gasteiger partial charge in [-0.25, -0.2) is 4.98 Å². The van der Waals surface area contributed by atoms with Crippen LogP contribution >= 0.6 is 11.3 Å². The normalized spacial score (nSPS) is 12.1. The molecule has 9 aromatic carbocycles. The molecule has 0 radical (unpaired) electrons. The third-order valence-corrected chi connectivity index (χ3v) is 12.5. The van der Waals surface area contributed by atoms with Crippen molar-refractivity contribution in [1.29, 1.82) is 0 Å². The Morgan fingerprint density at radius 1 is 0.370 bits per heavy atom. The Morgan fingerprint density at radius 2 is 0.889 bits per heavy atom. The highest BCUT2D eigenvalue weighted by Gasteiger charge is 2.18. The molecule has 0 bridgehead atoms. The van der Waals surface area contributed by atoms with Crippen molar-refractivity contribution in [2.24, 2.45) is 0 Å². The predicted molar refractivity (Wildman–Crippen MR) is 232 cm³/mol. The van der Waals surface area contributed by atoms with E-state index >= 15 is 0 Å². The number of thiophene rings is 1. The molecule has 0 atom stereocenters. The number of aromatic nitrogens is 2. The molecule has 0 unspecified atom stereocenters. The van der Waals surface area contributed by atoms with Gasteiger partial charge in [0.05, 0.1) is 21.4 Å². The Morgan fingerprint density at radius 3 is 1.57 bits per heavy atom. The van der Waals surface area contributed by atoms with Crippen LogP contribution in [0.15, 0.2) is 182 Å². The van der Waals surface area contributed by atoms with E-state index in [4.69, 9.17) is 4.98 Å². The third kappa shape index (κ3) is 4.36. The smallest absolute Gasteiger partial charge is 0.156 e. The van der Waals surface area contributed by atoms with Crippen molar-refractivity contribution in [3.05, 3.63) is 182 Å². The second-order valence-corrected chi connectivity index (χ2v) is 15.4. The number of hydrogen-bond acceptors (Lipinski definition) is 2. The zero-order chi connectivity index (χ0) is 35.3. The summed E-state index contributed by atoms with van der Waals surface area (Å²) in [4.78, 5) is 5.21. The number of hydrogen-bond donors (Lipinski definition) is 0. The summed E-state index contributed by atoms with van der Waals surface area (Å²) in [6, 6.07) is 66.7. The maximum atomic E-state index is 5.21. The lowest BCUT2D eigenvalue weighted by Crippen LogP contribution is -1.93. The van der Waals surface area contributed by atoms with Crippen molar-refractivity contribution in [2.75, 3.05) is 0 Å². The molecule has 0 amide bonds. The first-order valence-electron chi connectivity index (χ1n) is 18.4. The summed E-state index contributed by atoms with van der Waals surface area (Å²) in [5, 5.41) is 12.9. The van der Waals surface area contributed by atoms with Crippen molar-refractivity contribution in [2.45, 2.75) is 0 Å². The third-order valence-electron chi connectivity index (χ3n) is 11.4. The van der Waals surface area contributed by atoms with Gasteiger partial charge in [0.1, 0.15) is 0 Å². The summed E-state index contributed by atoms with van der Waals surface area (Å²) in [5.74, 6) is 0. The average Bonchev–Trinajstić information content (AvgIpc) is 3.81. The molecule has 0 spiro atoms. The number of pyridine rings is 1. The molecular weight excluding hydrogens is 673 g/mol. The number of rotatable bonds is 3. The molecule has 0 aliphatic rings. The SMILES string of the molecule is c1ccc2cc3c(cc2c1)sc1c3cc(-c2ccc(-c3ccc(-c4ccc5c6ccccc6c6ccccc6c5c4)cc3)cc2)n2c3ccccc3nc12. The van der Waals surface area contributed by atoms with Crippen LogP contribution in [0.3, 0.4) is 0 Å². The topological polar surface area (TPSA) is 17.3 Å². The Balaban J connectivity index is 0.951. The van der Waals surface area contributed by atoms with Gasteiger partial charge in [-0.3, -0.25) is 4.40 Å². The average molecular weight is 703 g/mol. The maximum Gasteiger partial charge on any atom is 0.156 e. The van der Waals surface area contributed by atoms with Crippen LogP contribution in [0.1, 0.15) is 0 Å². The highest BCUT2D eigenvalue weighted by molar-refractivity contribution is 7.26. The van der Waals surface area contributed by atoms with Crippen LogP contribution in [-0.2, 0) is 0 Å². The van der Waals surface area contributed by atoms with Crippen LogP contribution in [0, 0.1) is 0 Å². The number of imidazole rings is 1. The zero-order valence-corrected chi connectivity index (χ0v) is 29.9. The molecule has 0 aliphatic heterocycles. The van der Waals surface area contributed by atoms with Crippen LogP contribution in [0.25, 0.3) is 113 Å². The molecule has 3 aromatic heterocycles. The van der Waals surface area contributed by atoms with Gasteiger partial charge in [-0.1, -0.05) is 146 Å². The minimum absolute atomic E-state index is 1.01. The minimum atomic E-state index is 1.01. The molecule has 250 valence electrons. The summed E-state index contributed by atoms with van der Waals surface area (Å²) >= 11 is 1.84. The van der Waals surface area contributed by atoms with E-state index in [1.807, 2.05) is 11.3 Å². The highest BCUT2D eigenvalue weighted by Crippen LogP contribution is 2.42. The predicted octanol–water partition coefficient (Wildman–Crippen LogP) is 14.5. The molecule has 12 aromatic rings. The number of benzene rings is 9. The minimum Gasteiger partial charge on any atom is -0.291 e. The first-order chi connectivity index (χ1) is 26.7. The quantitative estimate of drug-likeness (QED) is 0.168. The lowest BCUT2D eigenvalue weighted by atomic mass is 9.92. The molecule has 0 saturated heterocycles. The fraction of sp³-hybridized carbons (Fsp3) is 0. The van der Waals surface area contributed by atoms with Crippen LogP contribution in [0.5, 0.6) is 0 Å². The summed E-state index contributed by atoms with van der Waals surface area (Å²) in [7, 11) is 0. The molecule has 0 N–H and O–H groups in total. The van der Waals surface area contributed by atoms with E-state index in [1.54, 1.807) is 0 Å². The van der Waals surface area contributed by atoms with Gasteiger partial charge in [0, 0.05) is 15.5 Å². The monoisotopic (exact) mass is 702 g/mol. The van der Waals surface area contributed by atoms with E-state index in [9.17, 15) is 0 Å². The summed E-state index contributed by atoms with van der Waals surface area (Å²) < 4.78 is 4.87. The maximum absolute atomic E-state index is 5.21. The molecule has 0 aliphatic carbocycles. The van der Waals surface area contributed by atoms with Gasteiger partial charge in [0.25, 0.3) is 0 Å². The Labute approximate surface area is 314 Å². The number of para-hydroxylation sites is 2. The van der Waals surface area contributed by atoms with Crippen molar-refractivity contribution >= 4 is 91.3 Å². The molecule has 3 heteroatoms. The van der Waals surface area contributed by atoms with E-state index in [1.165, 1.54) is 91.1 Å². The lowest BCUT2D eigenvalue weighted by molar-refractivity contribution is 1.25. The molecule has 54 heavy (non-hydrogen) atoms. The Hall–Kier alpha value is -6.81.